The first kappa shape index (κ1) is 73.7. The highest BCUT2D eigenvalue weighted by atomic mass is 31.2. The van der Waals surface area contributed by atoms with Crippen molar-refractivity contribution in [3.8, 4) is 0 Å². The van der Waals surface area contributed by atoms with Crippen LogP contribution in [0.4, 0.5) is 0 Å². The molecule has 0 aliphatic carbocycles. The van der Waals surface area contributed by atoms with Crippen molar-refractivity contribution in [2.24, 2.45) is 0 Å². The Kier molecular flexibility index (Phi) is 55.7. The molecular formula is C66H122NO8P. The zero-order valence-corrected chi connectivity index (χ0v) is 51.3. The molecular weight excluding hydrogens is 966 g/mol. The summed E-state index contributed by atoms with van der Waals surface area (Å²) in [5.74, 6) is -0.840. The molecule has 0 aliphatic rings. The van der Waals surface area contributed by atoms with E-state index in [1.165, 1.54) is 186 Å². The topological polar surface area (TPSA) is 111 Å². The van der Waals surface area contributed by atoms with Gasteiger partial charge in [0, 0.05) is 12.8 Å². The molecule has 0 heterocycles. The zero-order chi connectivity index (χ0) is 55.6. The van der Waals surface area contributed by atoms with Gasteiger partial charge in [0.2, 0.25) is 0 Å². The lowest BCUT2D eigenvalue weighted by Gasteiger charge is -2.28. The first-order valence-corrected chi connectivity index (χ1v) is 33.5. The van der Waals surface area contributed by atoms with Crippen molar-refractivity contribution in [1.82, 2.24) is 0 Å². The molecule has 0 spiro atoms. The molecule has 2 unspecified atom stereocenters. The van der Waals surface area contributed by atoms with Gasteiger partial charge in [-0.3, -0.25) is 14.2 Å². The van der Waals surface area contributed by atoms with Gasteiger partial charge in [0.1, 0.15) is 19.8 Å². The van der Waals surface area contributed by atoms with Crippen LogP contribution < -0.4 is 4.89 Å². The fraction of sp³-hybridized carbons (Fsp3) is 0.818. The summed E-state index contributed by atoms with van der Waals surface area (Å²) in [5, 5.41) is 0. The van der Waals surface area contributed by atoms with Crippen LogP contribution in [0.15, 0.2) is 60.8 Å². The quantitative estimate of drug-likeness (QED) is 0.0195. The summed E-state index contributed by atoms with van der Waals surface area (Å²) in [6.45, 7) is 4.21. The molecule has 0 rings (SSSR count). The van der Waals surface area contributed by atoms with E-state index in [2.05, 4.69) is 74.6 Å². The van der Waals surface area contributed by atoms with E-state index in [1.54, 1.807) is 0 Å². The lowest BCUT2D eigenvalue weighted by atomic mass is 10.0. The Bertz CT molecular complexity index is 1470. The van der Waals surface area contributed by atoms with Crippen LogP contribution in [0.25, 0.3) is 0 Å². The van der Waals surface area contributed by atoms with E-state index in [0.29, 0.717) is 23.9 Å². The van der Waals surface area contributed by atoms with Crippen LogP contribution in [0.2, 0.25) is 0 Å². The molecule has 10 heteroatoms. The van der Waals surface area contributed by atoms with Gasteiger partial charge in [-0.05, 0) is 83.5 Å². The molecule has 0 amide bonds. The van der Waals surface area contributed by atoms with Crippen molar-refractivity contribution < 1.29 is 42.1 Å². The van der Waals surface area contributed by atoms with Crippen molar-refractivity contribution in [2.75, 3.05) is 47.5 Å². The van der Waals surface area contributed by atoms with E-state index >= 15 is 0 Å². The van der Waals surface area contributed by atoms with E-state index in [4.69, 9.17) is 18.5 Å². The first-order chi connectivity index (χ1) is 37.0. The maximum Gasteiger partial charge on any atom is 0.306 e. The lowest BCUT2D eigenvalue weighted by Crippen LogP contribution is -2.37. The molecule has 0 radical (unpaired) electrons. The first-order valence-electron chi connectivity index (χ1n) is 32.0. The summed E-state index contributed by atoms with van der Waals surface area (Å²) in [4.78, 5) is 37.9. The highest BCUT2D eigenvalue weighted by molar-refractivity contribution is 7.45. The average Bonchev–Trinajstić information content (AvgIpc) is 3.38. The van der Waals surface area contributed by atoms with Crippen LogP contribution in [-0.4, -0.2) is 70.0 Å². The highest BCUT2D eigenvalue weighted by Gasteiger charge is 2.22. The summed E-state index contributed by atoms with van der Waals surface area (Å²) in [5.41, 5.74) is 0. The Labute approximate surface area is 470 Å². The molecule has 0 saturated heterocycles. The SMILES string of the molecule is CCCCC/C=C\C/C=C\CCCCCCCC(=O)OCC(COP(=O)([O-])OCC[N+](C)(C)C)OC(=O)CCCCCCCCCCCCCCCCCCCCCCCC/C=C\C/C=C\C/C=C\CCCCCCC. The zero-order valence-electron chi connectivity index (χ0n) is 50.5. The summed E-state index contributed by atoms with van der Waals surface area (Å²) < 4.78 is 34.2. The Hall–Kier alpha value is -2.29. The Balaban J connectivity index is 3.95. The second-order valence-corrected chi connectivity index (χ2v) is 24.2. The number of quaternary nitrogens is 1. The van der Waals surface area contributed by atoms with Gasteiger partial charge in [0.25, 0.3) is 7.82 Å². The molecule has 0 aromatic carbocycles. The summed E-state index contributed by atoms with van der Waals surface area (Å²) >= 11 is 0. The largest absolute Gasteiger partial charge is 0.756 e. The number of allylic oxidation sites excluding steroid dienone is 10. The van der Waals surface area contributed by atoms with Gasteiger partial charge < -0.3 is 27.9 Å². The molecule has 0 aromatic heterocycles. The number of hydrogen-bond donors (Lipinski definition) is 0. The second kappa shape index (κ2) is 57.4. The van der Waals surface area contributed by atoms with Crippen molar-refractivity contribution in [1.29, 1.82) is 0 Å². The third-order valence-electron chi connectivity index (χ3n) is 14.0. The number of ether oxygens (including phenoxy) is 2. The normalized spacial score (nSPS) is 13.6. The van der Waals surface area contributed by atoms with Crippen molar-refractivity contribution in [3.63, 3.8) is 0 Å². The maximum absolute atomic E-state index is 12.8. The fourth-order valence-electron chi connectivity index (χ4n) is 9.05. The molecule has 0 N–H and O–H groups in total. The summed E-state index contributed by atoms with van der Waals surface area (Å²) in [6, 6.07) is 0. The average molecular weight is 1090 g/mol. The monoisotopic (exact) mass is 1090 g/mol. The lowest BCUT2D eigenvalue weighted by molar-refractivity contribution is -0.870. The molecule has 2 atom stereocenters. The highest BCUT2D eigenvalue weighted by Crippen LogP contribution is 2.38. The number of carbonyl (C=O) groups excluding carboxylic acids is 2. The number of rotatable bonds is 59. The van der Waals surface area contributed by atoms with E-state index < -0.39 is 32.5 Å². The Morgan fingerprint density at radius 3 is 1.08 bits per heavy atom. The van der Waals surface area contributed by atoms with Gasteiger partial charge in [-0.15, -0.1) is 0 Å². The molecule has 76 heavy (non-hydrogen) atoms. The third-order valence-corrected chi connectivity index (χ3v) is 15.0. The summed E-state index contributed by atoms with van der Waals surface area (Å²) in [6.07, 6.45) is 74.4. The third kappa shape index (κ3) is 60.9. The van der Waals surface area contributed by atoms with Crippen LogP contribution in [0.5, 0.6) is 0 Å². The maximum atomic E-state index is 12.8. The van der Waals surface area contributed by atoms with Crippen LogP contribution >= 0.6 is 7.82 Å². The molecule has 0 saturated carbocycles. The van der Waals surface area contributed by atoms with Crippen LogP contribution in [0, 0.1) is 0 Å². The standard InChI is InChI=1S/C66H122NO8P/c1-6-8-10-12-14-16-18-20-22-23-24-25-26-27-28-29-30-31-32-33-34-35-36-37-38-39-40-41-42-43-45-47-49-51-53-55-57-59-66(69)75-64(63-74-76(70,71)73-61-60-67(3,4)5)62-72-65(68)58-56-54-52-50-48-46-44-21-19-17-15-13-11-9-7-2/h15,17-18,20-21,23-24,26-27,44,64H,6-14,16,19,22,25,28-43,45-63H2,1-5H3/b17-15-,20-18-,24-23-,27-26-,44-21-. The van der Waals surface area contributed by atoms with Gasteiger partial charge in [-0.2, -0.15) is 0 Å². The molecule has 0 fully saturated rings. The molecule has 0 aliphatic heterocycles. The molecule has 444 valence electrons. The number of nitrogens with zero attached hydrogens (tertiary/aromatic N) is 1. The minimum absolute atomic E-state index is 0.0330. The van der Waals surface area contributed by atoms with Crippen molar-refractivity contribution >= 4 is 19.8 Å². The fourth-order valence-corrected chi connectivity index (χ4v) is 9.78. The van der Waals surface area contributed by atoms with Crippen molar-refractivity contribution in [3.05, 3.63) is 60.8 Å². The van der Waals surface area contributed by atoms with Gasteiger partial charge in [-0.1, -0.05) is 261 Å². The van der Waals surface area contributed by atoms with Crippen LogP contribution in [0.3, 0.4) is 0 Å². The Morgan fingerprint density at radius 1 is 0.408 bits per heavy atom. The summed E-state index contributed by atoms with van der Waals surface area (Å²) in [7, 11) is 1.16. The van der Waals surface area contributed by atoms with Gasteiger partial charge in [-0.25, -0.2) is 0 Å². The van der Waals surface area contributed by atoms with E-state index in [-0.39, 0.29) is 26.1 Å². The Morgan fingerprint density at radius 2 is 0.711 bits per heavy atom. The van der Waals surface area contributed by atoms with Crippen molar-refractivity contribution in [2.45, 2.75) is 302 Å². The smallest absolute Gasteiger partial charge is 0.306 e. The van der Waals surface area contributed by atoms with E-state index in [0.717, 1.165) is 70.6 Å². The number of phosphoric acid groups is 1. The van der Waals surface area contributed by atoms with Crippen LogP contribution in [0.1, 0.15) is 296 Å². The van der Waals surface area contributed by atoms with Gasteiger partial charge in [0.05, 0.1) is 27.7 Å². The van der Waals surface area contributed by atoms with E-state index in [9.17, 15) is 19.0 Å². The van der Waals surface area contributed by atoms with Gasteiger partial charge in [0.15, 0.2) is 6.10 Å². The minimum Gasteiger partial charge on any atom is -0.756 e. The number of unbranched alkanes of at least 4 members (excludes halogenated alkanes) is 35. The number of esters is 2. The minimum atomic E-state index is -4.64. The number of hydrogen-bond acceptors (Lipinski definition) is 8. The molecule has 9 nitrogen and oxygen atoms in total. The predicted molar refractivity (Wildman–Crippen MR) is 323 cm³/mol. The number of phosphoric ester groups is 1. The number of carbonyl (C=O) groups is 2. The molecule has 0 aromatic rings. The van der Waals surface area contributed by atoms with E-state index in [1.807, 2.05) is 21.1 Å². The van der Waals surface area contributed by atoms with Gasteiger partial charge >= 0.3 is 11.9 Å². The number of likely N-dealkylation sites (N-methyl/N-ethyl adjacent to an activating group) is 1. The predicted octanol–water partition coefficient (Wildman–Crippen LogP) is 19.6. The second-order valence-electron chi connectivity index (χ2n) is 22.8. The molecule has 0 bridgehead atoms. The van der Waals surface area contributed by atoms with Crippen LogP contribution in [-0.2, 0) is 32.7 Å².